The van der Waals surface area contributed by atoms with Crippen molar-refractivity contribution in [2.75, 3.05) is 5.73 Å². The van der Waals surface area contributed by atoms with Gasteiger partial charge in [0.25, 0.3) is 0 Å². The lowest BCUT2D eigenvalue weighted by atomic mass is 9.94. The Kier molecular flexibility index (Phi) is 3.04. The molecule has 0 aliphatic rings. The summed E-state index contributed by atoms with van der Waals surface area (Å²) in [6.45, 7) is 8.35. The van der Waals surface area contributed by atoms with E-state index in [2.05, 4.69) is 27.7 Å². The Balaban J connectivity index is 3.28. The first-order valence-electron chi connectivity index (χ1n) is 5.05. The van der Waals surface area contributed by atoms with E-state index in [1.807, 2.05) is 12.1 Å². The van der Waals surface area contributed by atoms with Gasteiger partial charge >= 0.3 is 0 Å². The molecule has 0 aliphatic carbocycles. The summed E-state index contributed by atoms with van der Waals surface area (Å²) in [6, 6.07) is 3.90. The number of hydrogen-bond donors (Lipinski definition) is 2. The first kappa shape index (κ1) is 10.9. The number of nitrogen functional groups attached to an aromatic ring is 1. The van der Waals surface area contributed by atoms with Crippen LogP contribution in [0.4, 0.5) is 5.69 Å². The largest absolute Gasteiger partial charge is 0.505 e. The van der Waals surface area contributed by atoms with Crippen molar-refractivity contribution >= 4 is 5.69 Å². The third-order valence-corrected chi connectivity index (χ3v) is 2.48. The monoisotopic (exact) mass is 193 g/mol. The normalized spacial score (nSPS) is 11.3. The molecule has 0 unspecified atom stereocenters. The van der Waals surface area contributed by atoms with E-state index in [4.69, 9.17) is 5.73 Å². The molecule has 14 heavy (non-hydrogen) atoms. The summed E-state index contributed by atoms with van der Waals surface area (Å²) in [7, 11) is 0. The summed E-state index contributed by atoms with van der Waals surface area (Å²) < 4.78 is 0. The van der Waals surface area contributed by atoms with Gasteiger partial charge < -0.3 is 10.8 Å². The topological polar surface area (TPSA) is 46.2 Å². The number of anilines is 1. The number of phenols is 1. The highest BCUT2D eigenvalue weighted by atomic mass is 16.3. The van der Waals surface area contributed by atoms with Crippen molar-refractivity contribution in [2.45, 2.75) is 39.5 Å². The fraction of sp³-hybridized carbons (Fsp3) is 0.500. The van der Waals surface area contributed by atoms with Crippen LogP contribution in [0.15, 0.2) is 12.1 Å². The van der Waals surface area contributed by atoms with Crippen molar-refractivity contribution in [2.24, 2.45) is 0 Å². The number of nitrogens with two attached hydrogens (primary N) is 1. The minimum absolute atomic E-state index is 0.240. The van der Waals surface area contributed by atoms with E-state index in [0.717, 1.165) is 5.56 Å². The summed E-state index contributed by atoms with van der Waals surface area (Å²) >= 11 is 0. The van der Waals surface area contributed by atoms with Crippen molar-refractivity contribution in [3.8, 4) is 5.75 Å². The molecular weight excluding hydrogens is 174 g/mol. The van der Waals surface area contributed by atoms with Gasteiger partial charge in [-0.2, -0.15) is 0 Å². The fourth-order valence-electron chi connectivity index (χ4n) is 1.48. The number of benzene rings is 1. The van der Waals surface area contributed by atoms with Gasteiger partial charge in [-0.25, -0.2) is 0 Å². The van der Waals surface area contributed by atoms with Crippen LogP contribution in [-0.2, 0) is 0 Å². The van der Waals surface area contributed by atoms with Crippen LogP contribution in [-0.4, -0.2) is 5.11 Å². The Bertz CT molecular complexity index is 329. The average molecular weight is 193 g/mol. The summed E-state index contributed by atoms with van der Waals surface area (Å²) in [5, 5.41) is 9.75. The van der Waals surface area contributed by atoms with Gasteiger partial charge in [0.1, 0.15) is 5.75 Å². The molecule has 1 rings (SSSR count). The lowest BCUT2D eigenvalue weighted by Gasteiger charge is -2.14. The molecule has 0 aliphatic heterocycles. The lowest BCUT2D eigenvalue weighted by Crippen LogP contribution is -1.98. The molecule has 0 aromatic heterocycles. The van der Waals surface area contributed by atoms with E-state index in [0.29, 0.717) is 17.5 Å². The Labute approximate surface area is 85.8 Å². The molecule has 0 saturated carbocycles. The smallest absolute Gasteiger partial charge is 0.141 e. The maximum Gasteiger partial charge on any atom is 0.141 e. The van der Waals surface area contributed by atoms with Crippen LogP contribution in [0.1, 0.15) is 50.7 Å². The van der Waals surface area contributed by atoms with E-state index in [1.165, 1.54) is 5.56 Å². The fourth-order valence-corrected chi connectivity index (χ4v) is 1.48. The van der Waals surface area contributed by atoms with Crippen LogP contribution in [0.3, 0.4) is 0 Å². The maximum atomic E-state index is 9.75. The first-order chi connectivity index (χ1) is 6.43. The summed E-state index contributed by atoms with van der Waals surface area (Å²) in [5.74, 6) is 0.982. The Morgan fingerprint density at radius 3 is 2.07 bits per heavy atom. The molecule has 0 radical (unpaired) electrons. The van der Waals surface area contributed by atoms with E-state index >= 15 is 0 Å². The van der Waals surface area contributed by atoms with E-state index < -0.39 is 0 Å². The molecule has 0 heterocycles. The van der Waals surface area contributed by atoms with Crippen LogP contribution in [0, 0.1) is 0 Å². The molecular formula is C12H19NO. The van der Waals surface area contributed by atoms with Crippen molar-refractivity contribution in [1.29, 1.82) is 0 Å². The van der Waals surface area contributed by atoms with Crippen molar-refractivity contribution < 1.29 is 5.11 Å². The second kappa shape index (κ2) is 3.91. The van der Waals surface area contributed by atoms with Crippen molar-refractivity contribution in [3.05, 3.63) is 23.3 Å². The number of rotatable bonds is 2. The number of aromatic hydroxyl groups is 1. The van der Waals surface area contributed by atoms with Crippen LogP contribution in [0.25, 0.3) is 0 Å². The zero-order valence-corrected chi connectivity index (χ0v) is 9.33. The van der Waals surface area contributed by atoms with Crippen LogP contribution in [0.2, 0.25) is 0 Å². The summed E-state index contributed by atoms with van der Waals surface area (Å²) in [6.07, 6.45) is 0. The molecule has 78 valence electrons. The zero-order valence-electron chi connectivity index (χ0n) is 9.33. The van der Waals surface area contributed by atoms with Crippen LogP contribution >= 0.6 is 0 Å². The first-order valence-corrected chi connectivity index (χ1v) is 5.05. The predicted octanol–water partition coefficient (Wildman–Crippen LogP) is 3.22. The van der Waals surface area contributed by atoms with Gasteiger partial charge in [-0.1, -0.05) is 33.8 Å². The minimum Gasteiger partial charge on any atom is -0.505 e. The third-order valence-electron chi connectivity index (χ3n) is 2.48. The van der Waals surface area contributed by atoms with Crippen LogP contribution in [0.5, 0.6) is 5.75 Å². The minimum atomic E-state index is 0.240. The standard InChI is InChI=1S/C12H19NO/c1-7(2)9-5-10(8(3)4)12(14)11(13)6-9/h5-8,14H,13H2,1-4H3. The highest BCUT2D eigenvalue weighted by Crippen LogP contribution is 2.34. The quantitative estimate of drug-likeness (QED) is 0.559. The highest BCUT2D eigenvalue weighted by molar-refractivity contribution is 5.59. The molecule has 1 aromatic carbocycles. The van der Waals surface area contributed by atoms with Crippen molar-refractivity contribution in [3.63, 3.8) is 0 Å². The van der Waals surface area contributed by atoms with Gasteiger partial charge in [-0.3, -0.25) is 0 Å². The second-order valence-electron chi connectivity index (χ2n) is 4.36. The summed E-state index contributed by atoms with van der Waals surface area (Å²) in [5.41, 5.74) is 8.36. The Morgan fingerprint density at radius 1 is 1.07 bits per heavy atom. The molecule has 0 spiro atoms. The van der Waals surface area contributed by atoms with Crippen LogP contribution < -0.4 is 5.73 Å². The predicted molar refractivity (Wildman–Crippen MR) is 60.7 cm³/mol. The molecule has 1 aromatic rings. The highest BCUT2D eigenvalue weighted by Gasteiger charge is 2.12. The molecule has 0 saturated heterocycles. The zero-order chi connectivity index (χ0) is 10.9. The SMILES string of the molecule is CC(C)c1cc(N)c(O)c(C(C)C)c1. The lowest BCUT2D eigenvalue weighted by molar-refractivity contribution is 0.467. The van der Waals surface area contributed by atoms with E-state index in [9.17, 15) is 5.11 Å². The Morgan fingerprint density at radius 2 is 1.64 bits per heavy atom. The molecule has 0 amide bonds. The average Bonchev–Trinajstić information content (AvgIpc) is 2.08. The molecule has 2 nitrogen and oxygen atoms in total. The van der Waals surface area contributed by atoms with Gasteiger partial charge in [-0.15, -0.1) is 0 Å². The summed E-state index contributed by atoms with van der Waals surface area (Å²) in [4.78, 5) is 0. The van der Waals surface area contributed by atoms with Gasteiger partial charge in [0.2, 0.25) is 0 Å². The maximum absolute atomic E-state index is 9.75. The number of hydrogen-bond acceptors (Lipinski definition) is 2. The molecule has 0 bridgehead atoms. The molecule has 2 heteroatoms. The number of phenolic OH excluding ortho intramolecular Hbond substituents is 1. The third kappa shape index (κ3) is 2.00. The van der Waals surface area contributed by atoms with Gasteiger partial charge in [0.15, 0.2) is 0 Å². The Hall–Kier alpha value is -1.18. The molecule has 3 N–H and O–H groups in total. The van der Waals surface area contributed by atoms with Gasteiger partial charge in [-0.05, 0) is 29.0 Å². The van der Waals surface area contributed by atoms with Gasteiger partial charge in [0.05, 0.1) is 5.69 Å². The van der Waals surface area contributed by atoms with Gasteiger partial charge in [0, 0.05) is 0 Å². The van der Waals surface area contributed by atoms with E-state index in [1.54, 1.807) is 0 Å². The molecule has 0 fully saturated rings. The van der Waals surface area contributed by atoms with Crippen molar-refractivity contribution in [1.82, 2.24) is 0 Å². The van der Waals surface area contributed by atoms with E-state index in [-0.39, 0.29) is 5.75 Å². The second-order valence-corrected chi connectivity index (χ2v) is 4.36. The molecule has 0 atom stereocenters.